The summed E-state index contributed by atoms with van der Waals surface area (Å²) in [4.78, 5) is 19.5. The molecule has 0 spiro atoms. The van der Waals surface area contributed by atoms with Crippen molar-refractivity contribution in [2.45, 2.75) is 259 Å². The van der Waals surface area contributed by atoms with E-state index in [0.29, 0.717) is 0 Å². The van der Waals surface area contributed by atoms with Crippen molar-refractivity contribution >= 4 is 12.9 Å². The average molecular weight is 808 g/mol. The van der Waals surface area contributed by atoms with Crippen molar-refractivity contribution in [3.8, 4) is 0 Å². The van der Waals surface area contributed by atoms with E-state index in [1.165, 1.54) is 224 Å². The van der Waals surface area contributed by atoms with Crippen LogP contribution in [-0.4, -0.2) is 60.4 Å². The maximum absolute atomic E-state index is 8.36. The molecular weight excluding hydrogens is 707 g/mol. The van der Waals surface area contributed by atoms with Crippen LogP contribution in [0, 0.1) is 5.92 Å². The summed E-state index contributed by atoms with van der Waals surface area (Å²) in [5.74, 6) is 1.00. The zero-order valence-corrected chi connectivity index (χ0v) is 39.5. The zero-order chi connectivity index (χ0) is 42.9. The first-order chi connectivity index (χ1) is 27.9. The van der Waals surface area contributed by atoms with Crippen LogP contribution in [-0.2, 0) is 14.3 Å². The second-order valence-corrected chi connectivity index (χ2v) is 16.7. The van der Waals surface area contributed by atoms with E-state index in [1.807, 2.05) is 21.0 Å². The summed E-state index contributed by atoms with van der Waals surface area (Å²) in [7, 11) is 1.84. The fourth-order valence-corrected chi connectivity index (χ4v) is 7.88. The molecule has 0 aromatic heterocycles. The van der Waals surface area contributed by atoms with Crippen molar-refractivity contribution in [2.75, 3.05) is 26.7 Å². The fourth-order valence-electron chi connectivity index (χ4n) is 7.88. The molecular formula is C51H101NO5. The molecule has 0 aromatic carbocycles. The molecule has 340 valence electrons. The Kier molecular flexibility index (Phi) is 52.8. The molecule has 1 atom stereocenters. The number of nitrogens with zero attached hydrogens (tertiary/aromatic N) is 1. The van der Waals surface area contributed by atoms with Crippen molar-refractivity contribution in [3.05, 3.63) is 23.8 Å². The van der Waals surface area contributed by atoms with Gasteiger partial charge in [-0.15, -0.1) is 0 Å². The van der Waals surface area contributed by atoms with Gasteiger partial charge >= 0.3 is 0 Å². The van der Waals surface area contributed by atoms with Gasteiger partial charge in [-0.3, -0.25) is 14.5 Å². The number of hydrogen-bond acceptors (Lipinski definition) is 4. The Balaban J connectivity index is -0.00000336. The van der Waals surface area contributed by atoms with Gasteiger partial charge in [0, 0.05) is 13.7 Å². The van der Waals surface area contributed by atoms with Crippen LogP contribution in [0.5, 0.6) is 0 Å². The van der Waals surface area contributed by atoms with Gasteiger partial charge in [0.1, 0.15) is 0 Å². The largest absolute Gasteiger partial charge is 0.483 e. The van der Waals surface area contributed by atoms with Crippen molar-refractivity contribution in [1.82, 2.24) is 4.90 Å². The molecule has 0 aromatic rings. The van der Waals surface area contributed by atoms with Gasteiger partial charge < -0.3 is 14.9 Å². The number of carboxylic acid groups (broad SMARTS) is 2. The van der Waals surface area contributed by atoms with Gasteiger partial charge in [0.05, 0.1) is 5.60 Å². The van der Waals surface area contributed by atoms with Gasteiger partial charge in [0.2, 0.25) is 0 Å². The normalized spacial score (nSPS) is 14.6. The van der Waals surface area contributed by atoms with Gasteiger partial charge in [0.25, 0.3) is 12.9 Å². The first-order valence-electron chi connectivity index (χ1n) is 24.7. The third-order valence-electron chi connectivity index (χ3n) is 11.6. The third-order valence-corrected chi connectivity index (χ3v) is 11.6. The molecule has 0 fully saturated rings. The van der Waals surface area contributed by atoms with Crippen LogP contribution in [0.4, 0.5) is 0 Å². The summed E-state index contributed by atoms with van der Waals surface area (Å²) in [5.41, 5.74) is 1.38. The summed E-state index contributed by atoms with van der Waals surface area (Å²) < 4.78 is 5.74. The second-order valence-electron chi connectivity index (χ2n) is 16.7. The number of unbranched alkanes of at least 4 members (excludes halogenated alkanes) is 25. The van der Waals surface area contributed by atoms with Crippen LogP contribution in [0.3, 0.4) is 0 Å². The molecule has 0 saturated heterocycles. The highest BCUT2D eigenvalue weighted by molar-refractivity contribution is 5.33. The maximum Gasteiger partial charge on any atom is 0.290 e. The van der Waals surface area contributed by atoms with Crippen LogP contribution >= 0.6 is 0 Å². The Morgan fingerprint density at radius 1 is 0.579 bits per heavy atom. The van der Waals surface area contributed by atoms with Crippen molar-refractivity contribution < 1.29 is 24.5 Å². The molecule has 2 N–H and O–H groups in total. The molecule has 1 aliphatic rings. The summed E-state index contributed by atoms with van der Waals surface area (Å²) in [6, 6.07) is 0. The molecule has 1 rings (SSSR count). The number of ether oxygens (including phenoxy) is 1. The number of rotatable bonds is 38. The van der Waals surface area contributed by atoms with E-state index in [4.69, 9.17) is 24.5 Å². The molecule has 6 heteroatoms. The van der Waals surface area contributed by atoms with Crippen molar-refractivity contribution in [1.29, 1.82) is 0 Å². The quantitative estimate of drug-likeness (QED) is 0.0477. The minimum Gasteiger partial charge on any atom is -0.483 e. The lowest BCUT2D eigenvalue weighted by Gasteiger charge is -2.29. The fraction of sp³-hybridized carbons (Fsp3) is 0.882. The molecule has 0 radical (unpaired) electrons. The van der Waals surface area contributed by atoms with E-state index in [2.05, 4.69) is 50.8 Å². The van der Waals surface area contributed by atoms with Gasteiger partial charge in [-0.2, -0.15) is 0 Å². The van der Waals surface area contributed by atoms with Gasteiger partial charge in [-0.1, -0.05) is 245 Å². The van der Waals surface area contributed by atoms with Gasteiger partial charge in [-0.25, -0.2) is 0 Å². The van der Waals surface area contributed by atoms with Crippen LogP contribution in [0.15, 0.2) is 23.8 Å². The minimum atomic E-state index is -0.250. The van der Waals surface area contributed by atoms with Crippen molar-refractivity contribution in [2.24, 2.45) is 5.92 Å². The third kappa shape index (κ3) is 45.3. The minimum absolute atomic E-state index is 0.119. The van der Waals surface area contributed by atoms with E-state index in [9.17, 15) is 0 Å². The number of methoxy groups -OCH3 is 1. The second kappa shape index (κ2) is 50.5. The Hall–Kier alpha value is -1.66. The Morgan fingerprint density at radius 3 is 1.16 bits per heavy atom. The summed E-state index contributed by atoms with van der Waals surface area (Å²) >= 11 is 0. The van der Waals surface area contributed by atoms with E-state index < -0.39 is 0 Å². The molecule has 0 amide bonds. The van der Waals surface area contributed by atoms with Crippen LogP contribution < -0.4 is 0 Å². The molecule has 0 heterocycles. The smallest absolute Gasteiger partial charge is 0.290 e. The highest BCUT2D eigenvalue weighted by atomic mass is 16.5. The lowest BCUT2D eigenvalue weighted by molar-refractivity contribution is -0.123. The Morgan fingerprint density at radius 2 is 0.877 bits per heavy atom. The summed E-state index contributed by atoms with van der Waals surface area (Å²) in [6.07, 6.45) is 54.2. The molecule has 0 bridgehead atoms. The van der Waals surface area contributed by atoms with E-state index in [1.54, 1.807) is 0 Å². The van der Waals surface area contributed by atoms with Crippen LogP contribution in [0.1, 0.15) is 253 Å². The average Bonchev–Trinajstić information content (AvgIpc) is 3.22. The summed E-state index contributed by atoms with van der Waals surface area (Å²) in [6.45, 7) is 16.3. The highest BCUT2D eigenvalue weighted by Gasteiger charge is 2.22. The number of carbonyl (C=O) groups is 2. The predicted molar refractivity (Wildman–Crippen MR) is 251 cm³/mol. The first kappa shape index (κ1) is 59.7. The van der Waals surface area contributed by atoms with E-state index in [0.717, 1.165) is 18.9 Å². The molecule has 1 unspecified atom stereocenters. The molecule has 1 aliphatic carbocycles. The first-order valence-corrected chi connectivity index (χ1v) is 24.7. The monoisotopic (exact) mass is 808 g/mol. The zero-order valence-electron chi connectivity index (χ0n) is 39.5. The Labute approximate surface area is 356 Å². The topological polar surface area (TPSA) is 87.1 Å². The van der Waals surface area contributed by atoms with Gasteiger partial charge in [-0.05, 0) is 50.8 Å². The highest BCUT2D eigenvalue weighted by Crippen LogP contribution is 2.26. The standard InChI is InChI=1S/C47H91NO.C2H6.2CH2O2/c1-6-9-12-15-18-19-20-21-22-23-28-33-42-48(44-46-38-40-47(4,49-5)41-39-46)43-34-29-24-27-32-37-45(35-30-25-16-13-10-7-2)36-31-26-17-14-11-8-3;1-2;2*2-1-3/h38-40,45H,6-37,41-44H2,1-5H3;1-2H3;2*1H,(H,2,3). The van der Waals surface area contributed by atoms with Gasteiger partial charge in [0.15, 0.2) is 0 Å². The van der Waals surface area contributed by atoms with Crippen LogP contribution in [0.2, 0.25) is 0 Å². The molecule has 57 heavy (non-hydrogen) atoms. The molecule has 6 nitrogen and oxygen atoms in total. The van der Waals surface area contributed by atoms with E-state index in [-0.39, 0.29) is 18.5 Å². The lowest BCUT2D eigenvalue weighted by atomic mass is 9.89. The predicted octanol–water partition coefficient (Wildman–Crippen LogP) is 16.2. The number of hydrogen-bond donors (Lipinski definition) is 2. The lowest BCUT2D eigenvalue weighted by Crippen LogP contribution is -2.30. The molecule has 0 saturated carbocycles. The van der Waals surface area contributed by atoms with Crippen LogP contribution in [0.25, 0.3) is 0 Å². The molecule has 0 aliphatic heterocycles. The SMILES string of the molecule is CC.CCCCCCCCCCCCCCN(CCCCCCCC(CCCCCCCC)CCCCCCCC)CC1=CCC(C)(OC)C=C1.O=CO.O=CO. The van der Waals surface area contributed by atoms with Crippen molar-refractivity contribution in [3.63, 3.8) is 0 Å². The summed E-state index contributed by atoms with van der Waals surface area (Å²) in [5, 5.41) is 13.8. The van der Waals surface area contributed by atoms with E-state index >= 15 is 0 Å². The Bertz CT molecular complexity index is 823. The maximum atomic E-state index is 8.36.